The van der Waals surface area contributed by atoms with Gasteiger partial charge in [-0.05, 0) is 0 Å². The van der Waals surface area contributed by atoms with Crippen LogP contribution in [0, 0.1) is 5.92 Å². The van der Waals surface area contributed by atoms with E-state index in [4.69, 9.17) is 9.84 Å². The fourth-order valence-electron chi connectivity index (χ4n) is 1.92. The van der Waals surface area contributed by atoms with Crippen LogP contribution in [0.25, 0.3) is 0 Å². The maximum atomic E-state index is 11.8. The highest BCUT2D eigenvalue weighted by Gasteiger charge is 2.25. The molecule has 0 heterocycles. The van der Waals surface area contributed by atoms with E-state index in [1.165, 1.54) is 0 Å². The molecule has 0 amide bonds. The zero-order valence-electron chi connectivity index (χ0n) is 14.6. The van der Waals surface area contributed by atoms with Gasteiger partial charge >= 0.3 is 11.9 Å². The minimum Gasteiger partial charge on any atom is -0.481 e. The van der Waals surface area contributed by atoms with Crippen molar-refractivity contribution in [3.8, 4) is 0 Å². The summed E-state index contributed by atoms with van der Waals surface area (Å²) < 4.78 is 5.62. The molecule has 0 bridgehead atoms. The average Bonchev–Trinajstić information content (AvgIpc) is 2.33. The number of carboxylic acid groups (broad SMARTS) is 1. The lowest BCUT2D eigenvalue weighted by atomic mass is 10.0. The van der Waals surface area contributed by atoms with E-state index in [1.54, 1.807) is 13.8 Å². The number of hydrogen-bond acceptors (Lipinski definition) is 5. The Morgan fingerprint density at radius 1 is 1.04 bits per heavy atom. The first-order valence-electron chi connectivity index (χ1n) is 7.67. The van der Waals surface area contributed by atoms with E-state index in [0.717, 1.165) is 0 Å². The van der Waals surface area contributed by atoms with E-state index in [2.05, 4.69) is 0 Å². The lowest BCUT2D eigenvalue weighted by Gasteiger charge is -2.28. The number of Topliss-reactive ketones (excluding diaryl/α,β-unsaturated/α-hetero) is 2. The van der Waals surface area contributed by atoms with Crippen molar-refractivity contribution in [1.82, 2.24) is 0 Å². The Labute approximate surface area is 137 Å². The van der Waals surface area contributed by atoms with E-state index in [1.807, 2.05) is 21.1 Å². The largest absolute Gasteiger partial charge is 0.481 e. The third-order valence-corrected chi connectivity index (χ3v) is 3.08. The first kappa shape index (κ1) is 21.2. The Morgan fingerprint density at radius 3 is 2.04 bits per heavy atom. The summed E-state index contributed by atoms with van der Waals surface area (Å²) in [5.74, 6) is -2.33. The number of ketones is 2. The number of likely N-dealkylation sites (N-methyl/N-ethyl adjacent to an activating group) is 1. The molecule has 0 aliphatic heterocycles. The van der Waals surface area contributed by atoms with E-state index < -0.39 is 18.0 Å². The summed E-state index contributed by atoms with van der Waals surface area (Å²) in [4.78, 5) is 45.7. The van der Waals surface area contributed by atoms with E-state index in [0.29, 0.717) is 11.0 Å². The summed E-state index contributed by atoms with van der Waals surface area (Å²) in [6.45, 7) is 3.79. The Hall–Kier alpha value is -1.76. The standard InChI is InChI=1S/C16H27NO6/c1-11(2)14(19)8-12(18)6-7-16(22)23-13(9-15(20)21)10-17(3,4)5/h11,13H,6-10H2,1-5H3/p+1/t13-/m1/s1. The van der Waals surface area contributed by atoms with Gasteiger partial charge in [-0.25, -0.2) is 0 Å². The molecule has 0 aliphatic carbocycles. The summed E-state index contributed by atoms with van der Waals surface area (Å²) in [5.41, 5.74) is 0. The third kappa shape index (κ3) is 11.5. The van der Waals surface area contributed by atoms with Crippen molar-refractivity contribution in [3.63, 3.8) is 0 Å². The second-order valence-electron chi connectivity index (χ2n) is 7.02. The molecule has 132 valence electrons. The highest BCUT2D eigenvalue weighted by molar-refractivity contribution is 6.00. The summed E-state index contributed by atoms with van der Waals surface area (Å²) in [6, 6.07) is 0. The molecule has 0 aliphatic rings. The number of carbonyl (C=O) groups is 4. The molecule has 0 fully saturated rings. The van der Waals surface area contributed by atoms with Gasteiger partial charge in [-0.1, -0.05) is 13.8 Å². The number of esters is 1. The predicted molar refractivity (Wildman–Crippen MR) is 83.7 cm³/mol. The summed E-state index contributed by atoms with van der Waals surface area (Å²) in [5, 5.41) is 8.87. The Balaban J connectivity index is 4.39. The molecule has 0 aromatic rings. The van der Waals surface area contributed by atoms with Crippen molar-refractivity contribution >= 4 is 23.5 Å². The Morgan fingerprint density at radius 2 is 1.61 bits per heavy atom. The molecular weight excluding hydrogens is 302 g/mol. The van der Waals surface area contributed by atoms with Crippen LogP contribution in [0.3, 0.4) is 0 Å². The maximum absolute atomic E-state index is 11.8. The number of carbonyl (C=O) groups excluding carboxylic acids is 3. The monoisotopic (exact) mass is 330 g/mol. The first-order valence-corrected chi connectivity index (χ1v) is 7.67. The molecule has 0 unspecified atom stereocenters. The van der Waals surface area contributed by atoms with Crippen LogP contribution in [-0.4, -0.2) is 66.9 Å². The van der Waals surface area contributed by atoms with Gasteiger partial charge < -0.3 is 14.3 Å². The third-order valence-electron chi connectivity index (χ3n) is 3.08. The normalized spacial score (nSPS) is 12.8. The van der Waals surface area contributed by atoms with Crippen LogP contribution >= 0.6 is 0 Å². The average molecular weight is 330 g/mol. The molecule has 0 saturated heterocycles. The van der Waals surface area contributed by atoms with Crippen LogP contribution in [0.4, 0.5) is 0 Å². The quantitative estimate of drug-likeness (QED) is 0.345. The van der Waals surface area contributed by atoms with Gasteiger partial charge in [-0.2, -0.15) is 0 Å². The fraction of sp³-hybridized carbons (Fsp3) is 0.750. The lowest BCUT2D eigenvalue weighted by Crippen LogP contribution is -2.43. The van der Waals surface area contributed by atoms with Crippen molar-refractivity contribution in [3.05, 3.63) is 0 Å². The van der Waals surface area contributed by atoms with Gasteiger partial charge in [0.25, 0.3) is 0 Å². The number of quaternary nitrogens is 1. The molecule has 0 spiro atoms. The minimum atomic E-state index is -1.05. The molecule has 0 radical (unpaired) electrons. The number of ether oxygens (including phenoxy) is 1. The van der Waals surface area contributed by atoms with Crippen molar-refractivity contribution < 1.29 is 33.5 Å². The second kappa shape index (κ2) is 9.39. The zero-order chi connectivity index (χ0) is 18.2. The molecule has 7 heteroatoms. The van der Waals surface area contributed by atoms with Gasteiger partial charge in [-0.3, -0.25) is 19.2 Å². The highest BCUT2D eigenvalue weighted by atomic mass is 16.5. The number of aliphatic carboxylic acids is 1. The number of nitrogens with zero attached hydrogens (tertiary/aromatic N) is 1. The topological polar surface area (TPSA) is 97.7 Å². The van der Waals surface area contributed by atoms with Crippen molar-refractivity contribution in [1.29, 1.82) is 0 Å². The molecule has 23 heavy (non-hydrogen) atoms. The number of hydrogen-bond donors (Lipinski definition) is 1. The maximum Gasteiger partial charge on any atom is 0.307 e. The van der Waals surface area contributed by atoms with Crippen molar-refractivity contribution in [2.45, 2.75) is 45.6 Å². The van der Waals surface area contributed by atoms with E-state index >= 15 is 0 Å². The summed E-state index contributed by atoms with van der Waals surface area (Å²) in [7, 11) is 5.59. The molecule has 1 atom stereocenters. The van der Waals surface area contributed by atoms with Crippen molar-refractivity contribution in [2.24, 2.45) is 5.92 Å². The van der Waals surface area contributed by atoms with Crippen LogP contribution in [0.2, 0.25) is 0 Å². The molecule has 0 saturated carbocycles. The zero-order valence-corrected chi connectivity index (χ0v) is 14.6. The van der Waals surface area contributed by atoms with Crippen LogP contribution < -0.4 is 0 Å². The SMILES string of the molecule is CC(C)C(=O)CC(=O)CCC(=O)O[C@H](CC(=O)O)C[N+](C)(C)C. The van der Waals surface area contributed by atoms with Gasteiger partial charge in [0.2, 0.25) is 0 Å². The number of rotatable bonds is 11. The van der Waals surface area contributed by atoms with Gasteiger partial charge in [0.05, 0.1) is 40.4 Å². The summed E-state index contributed by atoms with van der Waals surface area (Å²) in [6.07, 6.45) is -1.41. The molecule has 0 aromatic carbocycles. The highest BCUT2D eigenvalue weighted by Crippen LogP contribution is 2.09. The van der Waals surface area contributed by atoms with Gasteiger partial charge in [0, 0.05) is 12.3 Å². The van der Waals surface area contributed by atoms with Gasteiger partial charge in [0.15, 0.2) is 6.10 Å². The van der Waals surface area contributed by atoms with E-state index in [-0.39, 0.29) is 43.2 Å². The Bertz CT molecular complexity index is 450. The number of carboxylic acids is 1. The van der Waals surface area contributed by atoms with Crippen LogP contribution in [-0.2, 0) is 23.9 Å². The van der Waals surface area contributed by atoms with Gasteiger partial charge in [0.1, 0.15) is 18.1 Å². The smallest absolute Gasteiger partial charge is 0.307 e. The molecular formula is C16H28NO6+. The summed E-state index contributed by atoms with van der Waals surface area (Å²) >= 11 is 0. The van der Waals surface area contributed by atoms with Gasteiger partial charge in [-0.15, -0.1) is 0 Å². The minimum absolute atomic E-state index is 0.0680. The van der Waals surface area contributed by atoms with Crippen LogP contribution in [0.5, 0.6) is 0 Å². The second-order valence-corrected chi connectivity index (χ2v) is 7.02. The fourth-order valence-corrected chi connectivity index (χ4v) is 1.92. The van der Waals surface area contributed by atoms with Crippen molar-refractivity contribution in [2.75, 3.05) is 27.7 Å². The molecule has 0 aromatic heterocycles. The first-order chi connectivity index (χ1) is 10.4. The Kier molecular flexibility index (Phi) is 8.68. The molecule has 0 rings (SSSR count). The molecule has 1 N–H and O–H groups in total. The molecule has 7 nitrogen and oxygen atoms in total. The predicted octanol–water partition coefficient (Wildman–Crippen LogP) is 1.04. The van der Waals surface area contributed by atoms with E-state index in [9.17, 15) is 19.2 Å². The van der Waals surface area contributed by atoms with Crippen LogP contribution in [0.15, 0.2) is 0 Å². The lowest BCUT2D eigenvalue weighted by molar-refractivity contribution is -0.873. The van der Waals surface area contributed by atoms with Crippen LogP contribution in [0.1, 0.15) is 39.5 Å².